The summed E-state index contributed by atoms with van der Waals surface area (Å²) in [6.07, 6.45) is 1.45. The molecule has 3 nitrogen and oxygen atoms in total. The molecule has 0 aliphatic rings. The van der Waals surface area contributed by atoms with E-state index in [2.05, 4.69) is 0 Å². The van der Waals surface area contributed by atoms with Crippen molar-refractivity contribution in [2.45, 2.75) is 12.8 Å². The lowest BCUT2D eigenvalue weighted by atomic mass is 10.1. The predicted octanol–water partition coefficient (Wildman–Crippen LogP) is 1.08. The minimum absolute atomic E-state index is 0.227. The second-order valence-corrected chi connectivity index (χ2v) is 3.87. The summed E-state index contributed by atoms with van der Waals surface area (Å²) in [7, 11) is 0. The van der Waals surface area contributed by atoms with E-state index < -0.39 is 11.1 Å². The van der Waals surface area contributed by atoms with E-state index in [1.165, 1.54) is 0 Å². The molecule has 0 saturated heterocycles. The van der Waals surface area contributed by atoms with Gasteiger partial charge >= 0.3 is 0 Å². The summed E-state index contributed by atoms with van der Waals surface area (Å²) in [6.45, 7) is 0. The van der Waals surface area contributed by atoms with E-state index in [9.17, 15) is 8.76 Å². The van der Waals surface area contributed by atoms with Gasteiger partial charge in [-0.05, 0) is 30.5 Å². The van der Waals surface area contributed by atoms with Crippen molar-refractivity contribution in [2.24, 2.45) is 0 Å². The maximum atomic E-state index is 10.2. The molecule has 1 aromatic carbocycles. The number of nitrogen functional groups attached to an aromatic ring is 1. The van der Waals surface area contributed by atoms with Crippen LogP contribution < -0.4 is 5.73 Å². The molecule has 1 rings (SSSR count). The second kappa shape index (κ2) is 4.99. The molecule has 1 aromatic rings. The summed E-state index contributed by atoms with van der Waals surface area (Å²) in [6, 6.07) is 7.49. The number of nitrogens with two attached hydrogens (primary N) is 1. The molecule has 72 valence electrons. The normalized spacial score (nSPS) is 12.7. The third kappa shape index (κ3) is 4.05. The number of hydrogen-bond donors (Lipinski definition) is 1. The zero-order valence-corrected chi connectivity index (χ0v) is 8.05. The molecule has 1 unspecified atom stereocenters. The molecule has 0 bridgehead atoms. The van der Waals surface area contributed by atoms with Gasteiger partial charge in [0.25, 0.3) is 0 Å². The standard InChI is InChI=1S/C9H13NO2S/c10-9-5-3-8(4-6-9)2-1-7-13(11)12/h3-6H,1-2,7,10H2,(H,11,12)/p-1. The van der Waals surface area contributed by atoms with Gasteiger partial charge in [0.05, 0.1) is 0 Å². The predicted molar refractivity (Wildman–Crippen MR) is 53.0 cm³/mol. The first-order valence-electron chi connectivity index (χ1n) is 4.09. The van der Waals surface area contributed by atoms with Crippen molar-refractivity contribution >= 4 is 16.8 Å². The SMILES string of the molecule is Nc1ccc(CCCS(=O)[O-])cc1. The molecule has 0 aliphatic heterocycles. The summed E-state index contributed by atoms with van der Waals surface area (Å²) in [5, 5.41) is 0. The van der Waals surface area contributed by atoms with Gasteiger partial charge in [0.15, 0.2) is 0 Å². The molecular weight excluding hydrogens is 186 g/mol. The molecule has 1 atom stereocenters. The summed E-state index contributed by atoms with van der Waals surface area (Å²) < 4.78 is 20.4. The summed E-state index contributed by atoms with van der Waals surface area (Å²) in [5.41, 5.74) is 7.36. The Labute approximate surface area is 80.2 Å². The van der Waals surface area contributed by atoms with Crippen molar-refractivity contribution in [3.8, 4) is 0 Å². The highest BCUT2D eigenvalue weighted by molar-refractivity contribution is 7.79. The molecular formula is C9H12NO2S-. The Morgan fingerprint density at radius 3 is 2.46 bits per heavy atom. The van der Waals surface area contributed by atoms with E-state index in [4.69, 9.17) is 5.73 Å². The minimum Gasteiger partial charge on any atom is -0.772 e. The van der Waals surface area contributed by atoms with E-state index in [1.54, 1.807) is 0 Å². The van der Waals surface area contributed by atoms with E-state index in [-0.39, 0.29) is 5.75 Å². The average molecular weight is 198 g/mol. The van der Waals surface area contributed by atoms with Gasteiger partial charge in [0.1, 0.15) is 0 Å². The molecule has 0 aromatic heterocycles. The topological polar surface area (TPSA) is 66.2 Å². The molecule has 0 aliphatic carbocycles. The Morgan fingerprint density at radius 2 is 1.92 bits per heavy atom. The van der Waals surface area contributed by atoms with Crippen LogP contribution >= 0.6 is 0 Å². The maximum Gasteiger partial charge on any atom is 0.0314 e. The average Bonchev–Trinajstić information content (AvgIpc) is 2.08. The van der Waals surface area contributed by atoms with Gasteiger partial charge in [-0.3, -0.25) is 4.21 Å². The molecule has 2 N–H and O–H groups in total. The summed E-state index contributed by atoms with van der Waals surface area (Å²) in [4.78, 5) is 0. The quantitative estimate of drug-likeness (QED) is 0.581. The third-order valence-corrected chi connectivity index (χ3v) is 2.38. The van der Waals surface area contributed by atoms with Crippen molar-refractivity contribution in [1.82, 2.24) is 0 Å². The largest absolute Gasteiger partial charge is 0.772 e. The number of rotatable bonds is 4. The van der Waals surface area contributed by atoms with Gasteiger partial charge in [-0.15, -0.1) is 0 Å². The Kier molecular flexibility index (Phi) is 3.92. The Bertz CT molecular complexity index is 284. The molecule has 0 amide bonds. The fourth-order valence-corrected chi connectivity index (χ4v) is 1.46. The maximum absolute atomic E-state index is 10.2. The monoisotopic (exact) mass is 198 g/mol. The smallest absolute Gasteiger partial charge is 0.0314 e. The molecule has 4 heteroatoms. The van der Waals surface area contributed by atoms with Crippen LogP contribution in [-0.2, 0) is 17.5 Å². The Hall–Kier alpha value is -0.870. The first-order valence-corrected chi connectivity index (χ1v) is 5.33. The van der Waals surface area contributed by atoms with E-state index in [0.29, 0.717) is 6.42 Å². The lowest BCUT2D eigenvalue weighted by Gasteiger charge is -2.04. The van der Waals surface area contributed by atoms with Crippen molar-refractivity contribution in [1.29, 1.82) is 0 Å². The Morgan fingerprint density at radius 1 is 1.31 bits per heavy atom. The van der Waals surface area contributed by atoms with Crippen molar-refractivity contribution < 1.29 is 8.76 Å². The van der Waals surface area contributed by atoms with Crippen LogP contribution in [0.1, 0.15) is 12.0 Å². The molecule has 13 heavy (non-hydrogen) atoms. The van der Waals surface area contributed by atoms with E-state index in [1.807, 2.05) is 24.3 Å². The van der Waals surface area contributed by atoms with Gasteiger partial charge < -0.3 is 10.3 Å². The van der Waals surface area contributed by atoms with Gasteiger partial charge in [-0.2, -0.15) is 0 Å². The van der Waals surface area contributed by atoms with Crippen LogP contribution in [0, 0.1) is 0 Å². The lowest BCUT2D eigenvalue weighted by Crippen LogP contribution is -1.97. The Balaban J connectivity index is 2.37. The number of hydrogen-bond acceptors (Lipinski definition) is 3. The highest BCUT2D eigenvalue weighted by Gasteiger charge is 1.92. The first kappa shape index (κ1) is 10.2. The van der Waals surface area contributed by atoms with E-state index in [0.717, 1.165) is 17.7 Å². The van der Waals surface area contributed by atoms with Crippen LogP contribution in [0.5, 0.6) is 0 Å². The first-order chi connectivity index (χ1) is 6.18. The highest BCUT2D eigenvalue weighted by atomic mass is 32.2. The van der Waals surface area contributed by atoms with Crippen LogP contribution in [0.4, 0.5) is 5.69 Å². The summed E-state index contributed by atoms with van der Waals surface area (Å²) in [5.74, 6) is 0.227. The zero-order chi connectivity index (χ0) is 9.68. The fourth-order valence-electron chi connectivity index (χ4n) is 1.08. The number of aryl methyl sites for hydroxylation is 1. The fraction of sp³-hybridized carbons (Fsp3) is 0.333. The van der Waals surface area contributed by atoms with Gasteiger partial charge in [-0.25, -0.2) is 0 Å². The van der Waals surface area contributed by atoms with Gasteiger partial charge in [0, 0.05) is 11.4 Å². The van der Waals surface area contributed by atoms with Crippen LogP contribution in [0.15, 0.2) is 24.3 Å². The van der Waals surface area contributed by atoms with E-state index >= 15 is 0 Å². The van der Waals surface area contributed by atoms with Crippen LogP contribution in [-0.4, -0.2) is 14.5 Å². The molecule has 0 spiro atoms. The van der Waals surface area contributed by atoms with Crippen molar-refractivity contribution in [2.75, 3.05) is 11.5 Å². The van der Waals surface area contributed by atoms with Crippen LogP contribution in [0.2, 0.25) is 0 Å². The second-order valence-electron chi connectivity index (χ2n) is 2.85. The molecule has 0 saturated carbocycles. The zero-order valence-electron chi connectivity index (χ0n) is 7.23. The molecule has 0 radical (unpaired) electrons. The lowest BCUT2D eigenvalue weighted by molar-refractivity contribution is 0.535. The van der Waals surface area contributed by atoms with Crippen molar-refractivity contribution in [3.05, 3.63) is 29.8 Å². The highest BCUT2D eigenvalue weighted by Crippen LogP contribution is 2.07. The third-order valence-electron chi connectivity index (χ3n) is 1.76. The van der Waals surface area contributed by atoms with Gasteiger partial charge in [-0.1, -0.05) is 23.2 Å². The number of benzene rings is 1. The summed E-state index contributed by atoms with van der Waals surface area (Å²) >= 11 is -1.92. The molecule has 0 heterocycles. The number of anilines is 1. The van der Waals surface area contributed by atoms with Crippen molar-refractivity contribution in [3.63, 3.8) is 0 Å². The minimum atomic E-state index is -1.92. The molecule has 0 fully saturated rings. The van der Waals surface area contributed by atoms with Crippen LogP contribution in [0.3, 0.4) is 0 Å². The van der Waals surface area contributed by atoms with Crippen LogP contribution in [0.25, 0.3) is 0 Å². The van der Waals surface area contributed by atoms with Gasteiger partial charge in [0.2, 0.25) is 0 Å².